The lowest BCUT2D eigenvalue weighted by Crippen LogP contribution is -2.19. The highest BCUT2D eigenvalue weighted by molar-refractivity contribution is 6.02. The Morgan fingerprint density at radius 3 is 1.23 bits per heavy atom. The number of non-ortho nitro benzene ring substituents is 2. The molecule has 0 spiro atoms. The summed E-state index contributed by atoms with van der Waals surface area (Å²) in [5, 5.41) is 40.5. The van der Waals surface area contributed by atoms with Gasteiger partial charge in [-0.25, -0.2) is 9.59 Å². The van der Waals surface area contributed by atoms with Gasteiger partial charge in [-0.2, -0.15) is 0 Å². The van der Waals surface area contributed by atoms with Gasteiger partial charge in [0.15, 0.2) is 0 Å². The fraction of sp³-hybridized carbons (Fsp3) is 0. The maximum absolute atomic E-state index is 12.5. The fourth-order valence-corrected chi connectivity index (χ4v) is 3.34. The Labute approximate surface area is 226 Å². The average Bonchev–Trinajstić information content (AvgIpc) is 2.94. The van der Waals surface area contributed by atoms with Crippen molar-refractivity contribution in [2.75, 3.05) is 21.3 Å². The number of carbonyl (C=O) groups is 2. The van der Waals surface area contributed by atoms with Crippen LogP contribution in [-0.4, -0.2) is 21.9 Å². The van der Waals surface area contributed by atoms with E-state index in [2.05, 4.69) is 31.5 Å². The van der Waals surface area contributed by atoms with Crippen molar-refractivity contribution in [3.63, 3.8) is 0 Å². The molecule has 0 aromatic heterocycles. The molecule has 4 aromatic rings. The molecule has 40 heavy (non-hydrogen) atoms. The molecule has 14 nitrogen and oxygen atoms in total. The quantitative estimate of drug-likeness (QED) is 0.104. The largest absolute Gasteiger partial charge is 0.323 e. The second-order valence-corrected chi connectivity index (χ2v) is 8.00. The molecule has 0 heterocycles. The van der Waals surface area contributed by atoms with Crippen molar-refractivity contribution in [1.82, 2.24) is 0 Å². The number of nitrogens with zero attached hydrogens (tertiary/aromatic N) is 4. The molecule has 0 aliphatic heterocycles. The number of para-hydroxylation sites is 2. The van der Waals surface area contributed by atoms with Crippen LogP contribution in [0, 0.1) is 20.2 Å². The van der Waals surface area contributed by atoms with Crippen LogP contribution < -0.4 is 21.3 Å². The van der Waals surface area contributed by atoms with E-state index < -0.39 is 21.9 Å². The van der Waals surface area contributed by atoms with Gasteiger partial charge in [-0.1, -0.05) is 24.3 Å². The van der Waals surface area contributed by atoms with E-state index in [4.69, 9.17) is 0 Å². The highest BCUT2D eigenvalue weighted by Gasteiger charge is 2.11. The minimum Gasteiger partial charge on any atom is -0.308 e. The van der Waals surface area contributed by atoms with E-state index in [1.54, 1.807) is 48.5 Å². The summed E-state index contributed by atoms with van der Waals surface area (Å²) in [5.74, 6) is 0. The van der Waals surface area contributed by atoms with Gasteiger partial charge in [0, 0.05) is 35.6 Å². The molecule has 0 radical (unpaired) electrons. The number of hydrogen-bond acceptors (Lipinski definition) is 8. The maximum atomic E-state index is 12.5. The van der Waals surface area contributed by atoms with Gasteiger partial charge in [0.25, 0.3) is 11.4 Å². The van der Waals surface area contributed by atoms with Crippen molar-refractivity contribution in [1.29, 1.82) is 0 Å². The first-order chi connectivity index (χ1) is 19.3. The molecular weight excluding hydrogens is 520 g/mol. The van der Waals surface area contributed by atoms with E-state index >= 15 is 0 Å². The summed E-state index contributed by atoms with van der Waals surface area (Å²) in [6, 6.07) is 22.8. The summed E-state index contributed by atoms with van der Waals surface area (Å²) in [6.07, 6.45) is 0. The van der Waals surface area contributed by atoms with Gasteiger partial charge in [0.2, 0.25) is 0 Å². The number of nitrogens with one attached hydrogen (secondary N) is 4. The Hall–Kier alpha value is -6.18. The Morgan fingerprint density at radius 1 is 0.525 bits per heavy atom. The maximum Gasteiger partial charge on any atom is 0.323 e. The Kier molecular flexibility index (Phi) is 8.31. The molecule has 4 rings (SSSR count). The van der Waals surface area contributed by atoms with Gasteiger partial charge >= 0.3 is 12.1 Å². The smallest absolute Gasteiger partial charge is 0.308 e. The van der Waals surface area contributed by atoms with Gasteiger partial charge in [-0.15, -0.1) is 10.2 Å². The molecule has 0 fully saturated rings. The molecule has 0 bridgehead atoms. The third-order valence-electron chi connectivity index (χ3n) is 5.24. The standard InChI is InChI=1S/C26H20N8O6/c35-25(27-17-9-13-19(14-10-17)33(37)38)29-21-5-1-3-7-23(21)31-32-24-8-4-2-6-22(24)30-26(36)28-18-11-15-20(16-12-18)34(39)40/h1-16H,(H2,27,29,35)(H2,28,30,36). The van der Waals surface area contributed by atoms with Crippen LogP contribution in [0.15, 0.2) is 107 Å². The predicted molar refractivity (Wildman–Crippen MR) is 149 cm³/mol. The molecule has 0 saturated carbocycles. The second kappa shape index (κ2) is 12.4. The third-order valence-corrected chi connectivity index (χ3v) is 5.24. The molecular formula is C26H20N8O6. The number of benzene rings is 4. The zero-order valence-corrected chi connectivity index (χ0v) is 20.5. The SMILES string of the molecule is O=C(Nc1ccc([N+](=O)[O-])cc1)Nc1ccccc1N=Nc1ccccc1NC(=O)Nc1ccc([N+](=O)[O-])cc1. The van der Waals surface area contributed by atoms with Crippen molar-refractivity contribution >= 4 is 57.6 Å². The summed E-state index contributed by atoms with van der Waals surface area (Å²) >= 11 is 0. The minimum absolute atomic E-state index is 0.102. The molecule has 4 aromatic carbocycles. The molecule has 4 amide bonds. The van der Waals surface area contributed by atoms with Gasteiger partial charge in [0.05, 0.1) is 21.2 Å². The Bertz CT molecular complexity index is 1470. The number of amides is 4. The number of hydrogen-bond donors (Lipinski definition) is 4. The van der Waals surface area contributed by atoms with Crippen LogP contribution >= 0.6 is 0 Å². The first-order valence-corrected chi connectivity index (χ1v) is 11.5. The lowest BCUT2D eigenvalue weighted by molar-refractivity contribution is -0.385. The summed E-state index contributed by atoms with van der Waals surface area (Å²) in [6.45, 7) is 0. The normalized spacial score (nSPS) is 10.5. The molecule has 0 saturated heterocycles. The van der Waals surface area contributed by atoms with Crippen LogP contribution in [0.25, 0.3) is 0 Å². The Morgan fingerprint density at radius 2 is 0.875 bits per heavy atom. The zero-order valence-electron chi connectivity index (χ0n) is 20.5. The number of urea groups is 2. The van der Waals surface area contributed by atoms with E-state index in [0.29, 0.717) is 34.1 Å². The molecule has 0 atom stereocenters. The number of nitro benzene ring substituents is 2. The van der Waals surface area contributed by atoms with Crippen molar-refractivity contribution in [3.8, 4) is 0 Å². The van der Waals surface area contributed by atoms with Crippen molar-refractivity contribution in [2.24, 2.45) is 10.2 Å². The van der Waals surface area contributed by atoms with Crippen LogP contribution in [0.3, 0.4) is 0 Å². The Balaban J connectivity index is 1.42. The topological polar surface area (TPSA) is 193 Å². The number of azo groups is 1. The van der Waals surface area contributed by atoms with Crippen LogP contribution in [0.5, 0.6) is 0 Å². The van der Waals surface area contributed by atoms with Crippen molar-refractivity contribution < 1.29 is 19.4 Å². The zero-order chi connectivity index (χ0) is 28.5. The predicted octanol–water partition coefficient (Wildman–Crippen LogP) is 7.21. The van der Waals surface area contributed by atoms with Crippen LogP contribution in [-0.2, 0) is 0 Å². The highest BCUT2D eigenvalue weighted by atomic mass is 16.6. The number of nitro groups is 2. The molecule has 0 unspecified atom stereocenters. The van der Waals surface area contributed by atoms with E-state index in [0.717, 1.165) is 0 Å². The molecule has 0 aliphatic rings. The van der Waals surface area contributed by atoms with Crippen LogP contribution in [0.4, 0.5) is 55.1 Å². The average molecular weight is 540 g/mol. The molecule has 200 valence electrons. The fourth-order valence-electron chi connectivity index (χ4n) is 3.34. The first-order valence-electron chi connectivity index (χ1n) is 11.5. The van der Waals surface area contributed by atoms with Gasteiger partial charge < -0.3 is 21.3 Å². The van der Waals surface area contributed by atoms with E-state index in [9.17, 15) is 29.8 Å². The van der Waals surface area contributed by atoms with E-state index in [1.165, 1.54) is 48.5 Å². The molecule has 4 N–H and O–H groups in total. The van der Waals surface area contributed by atoms with Gasteiger partial charge in [0.1, 0.15) is 11.4 Å². The van der Waals surface area contributed by atoms with Gasteiger partial charge in [-0.05, 0) is 48.5 Å². The molecule has 0 aliphatic carbocycles. The summed E-state index contributed by atoms with van der Waals surface area (Å²) < 4.78 is 0. The number of anilines is 4. The summed E-state index contributed by atoms with van der Waals surface area (Å²) in [7, 11) is 0. The number of carbonyl (C=O) groups excluding carboxylic acids is 2. The second-order valence-electron chi connectivity index (χ2n) is 8.00. The van der Waals surface area contributed by atoms with Gasteiger partial charge in [-0.3, -0.25) is 20.2 Å². The van der Waals surface area contributed by atoms with Crippen molar-refractivity contribution in [2.45, 2.75) is 0 Å². The lowest BCUT2D eigenvalue weighted by atomic mass is 10.2. The third kappa shape index (κ3) is 7.19. The lowest BCUT2D eigenvalue weighted by Gasteiger charge is -2.10. The summed E-state index contributed by atoms with van der Waals surface area (Å²) in [4.78, 5) is 45.5. The highest BCUT2D eigenvalue weighted by Crippen LogP contribution is 2.30. The van der Waals surface area contributed by atoms with Crippen LogP contribution in [0.1, 0.15) is 0 Å². The van der Waals surface area contributed by atoms with E-state index in [1.807, 2.05) is 0 Å². The minimum atomic E-state index is -0.596. The number of rotatable bonds is 8. The molecule has 14 heteroatoms. The van der Waals surface area contributed by atoms with Crippen LogP contribution in [0.2, 0.25) is 0 Å². The van der Waals surface area contributed by atoms with E-state index in [-0.39, 0.29) is 11.4 Å². The summed E-state index contributed by atoms with van der Waals surface area (Å²) in [5.41, 5.74) is 1.84. The monoisotopic (exact) mass is 540 g/mol. The van der Waals surface area contributed by atoms with Crippen molar-refractivity contribution in [3.05, 3.63) is 117 Å². The first kappa shape index (κ1) is 26.9.